The van der Waals surface area contributed by atoms with Crippen LogP contribution in [0, 0.1) is 10.1 Å². The molecule has 0 fully saturated rings. The minimum Gasteiger partial charge on any atom is -0.456 e. The van der Waals surface area contributed by atoms with Gasteiger partial charge in [0, 0.05) is 17.5 Å². The highest BCUT2D eigenvalue weighted by Crippen LogP contribution is 2.21. The van der Waals surface area contributed by atoms with Crippen LogP contribution in [-0.4, -0.2) is 32.1 Å². The summed E-state index contributed by atoms with van der Waals surface area (Å²) in [6.45, 7) is 0.0445. The maximum Gasteiger partial charge on any atom is 0.348 e. The average Bonchev–Trinajstić information content (AvgIpc) is 3.00. The molecule has 0 spiro atoms. The van der Waals surface area contributed by atoms with Gasteiger partial charge in [0.2, 0.25) is 10.0 Å². The number of benzene rings is 1. The fraction of sp³-hybridized carbons (Fsp3) is 0.267. The van der Waals surface area contributed by atoms with Crippen molar-refractivity contribution in [2.45, 2.75) is 13.0 Å². The Kier molecular flexibility index (Phi) is 6.23. The van der Waals surface area contributed by atoms with Crippen LogP contribution >= 0.6 is 11.3 Å². The number of hydrogen-bond donors (Lipinski definition) is 1. The van der Waals surface area contributed by atoms with E-state index in [0.29, 0.717) is 16.9 Å². The Morgan fingerprint density at radius 2 is 2.00 bits per heavy atom. The summed E-state index contributed by atoms with van der Waals surface area (Å²) in [5, 5.41) is 10.9. The maximum absolute atomic E-state index is 12.1. The zero-order valence-electron chi connectivity index (χ0n) is 13.3. The molecule has 0 aliphatic rings. The molecule has 0 saturated heterocycles. The van der Waals surface area contributed by atoms with Gasteiger partial charge in [0.1, 0.15) is 11.5 Å². The molecular weight excluding hydrogens is 368 g/mol. The quantitative estimate of drug-likeness (QED) is 0.423. The van der Waals surface area contributed by atoms with Crippen LogP contribution < -0.4 is 4.72 Å². The number of hydrogen-bond acceptors (Lipinski definition) is 7. The standard InChI is InChI=1S/C15H16N2O6S2/c1-25(21,22)16-9-8-12-6-7-14(24-12)15(18)23-10-11-4-2-3-5-13(11)17(19)20/h2-7,16H,8-10H2,1H3. The van der Waals surface area contributed by atoms with Crippen molar-refractivity contribution in [3.63, 3.8) is 0 Å². The number of ether oxygens (including phenoxy) is 1. The summed E-state index contributed by atoms with van der Waals surface area (Å²) < 4.78 is 29.5. The van der Waals surface area contributed by atoms with Crippen molar-refractivity contribution in [3.05, 3.63) is 61.8 Å². The molecule has 1 heterocycles. The SMILES string of the molecule is CS(=O)(=O)NCCc1ccc(C(=O)OCc2ccccc2[N+](=O)[O-])s1. The first-order valence-electron chi connectivity index (χ1n) is 7.19. The Balaban J connectivity index is 1.93. The number of thiophene rings is 1. The second-order valence-corrected chi connectivity index (χ2v) is 8.15. The zero-order valence-corrected chi connectivity index (χ0v) is 14.9. The molecule has 1 aromatic heterocycles. The van der Waals surface area contributed by atoms with Gasteiger partial charge in [0.25, 0.3) is 5.69 Å². The van der Waals surface area contributed by atoms with Crippen molar-refractivity contribution < 1.29 is 22.9 Å². The van der Waals surface area contributed by atoms with Crippen LogP contribution in [-0.2, 0) is 27.8 Å². The number of rotatable bonds is 8. The lowest BCUT2D eigenvalue weighted by Crippen LogP contribution is -2.23. The molecule has 1 aromatic carbocycles. The lowest BCUT2D eigenvalue weighted by molar-refractivity contribution is -0.385. The van der Waals surface area contributed by atoms with Gasteiger partial charge in [-0.15, -0.1) is 11.3 Å². The molecule has 2 aromatic rings. The van der Waals surface area contributed by atoms with E-state index in [1.54, 1.807) is 24.3 Å². The van der Waals surface area contributed by atoms with Gasteiger partial charge in [0.05, 0.1) is 16.7 Å². The molecule has 8 nitrogen and oxygen atoms in total. The van der Waals surface area contributed by atoms with Gasteiger partial charge >= 0.3 is 5.97 Å². The Morgan fingerprint density at radius 1 is 1.28 bits per heavy atom. The number of sulfonamides is 1. The van der Waals surface area contributed by atoms with Gasteiger partial charge in [0.15, 0.2) is 0 Å². The normalized spacial score (nSPS) is 11.2. The number of nitro groups is 1. The molecule has 0 aliphatic carbocycles. The lowest BCUT2D eigenvalue weighted by atomic mass is 10.2. The highest BCUT2D eigenvalue weighted by molar-refractivity contribution is 7.88. The first-order chi connectivity index (χ1) is 11.8. The first kappa shape index (κ1) is 19.0. The fourth-order valence-corrected chi connectivity index (χ4v) is 3.38. The molecule has 0 saturated carbocycles. The molecule has 0 atom stereocenters. The third-order valence-electron chi connectivity index (χ3n) is 3.15. The second-order valence-electron chi connectivity index (χ2n) is 5.14. The molecular formula is C15H16N2O6S2. The minimum atomic E-state index is -3.25. The van der Waals surface area contributed by atoms with Crippen LogP contribution in [0.3, 0.4) is 0 Å². The zero-order chi connectivity index (χ0) is 18.4. The lowest BCUT2D eigenvalue weighted by Gasteiger charge is -2.04. The first-order valence-corrected chi connectivity index (χ1v) is 9.90. The number of nitrogens with zero attached hydrogens (tertiary/aromatic N) is 1. The monoisotopic (exact) mass is 384 g/mol. The highest BCUT2D eigenvalue weighted by atomic mass is 32.2. The van der Waals surface area contributed by atoms with E-state index in [1.807, 2.05) is 0 Å². The van der Waals surface area contributed by atoms with Crippen molar-refractivity contribution >= 4 is 33.0 Å². The molecule has 10 heteroatoms. The van der Waals surface area contributed by atoms with Crippen molar-refractivity contribution in [1.29, 1.82) is 0 Å². The molecule has 0 bridgehead atoms. The third kappa shape index (κ3) is 5.93. The van der Waals surface area contributed by atoms with Gasteiger partial charge in [-0.2, -0.15) is 0 Å². The van der Waals surface area contributed by atoms with E-state index < -0.39 is 20.9 Å². The fourth-order valence-electron chi connectivity index (χ4n) is 2.01. The van der Waals surface area contributed by atoms with Gasteiger partial charge in [-0.1, -0.05) is 12.1 Å². The van der Waals surface area contributed by atoms with E-state index in [0.717, 1.165) is 11.1 Å². The van der Waals surface area contributed by atoms with Crippen LogP contribution in [0.1, 0.15) is 20.1 Å². The van der Waals surface area contributed by atoms with E-state index in [-0.39, 0.29) is 18.8 Å². The number of nitrogens with one attached hydrogen (secondary N) is 1. The number of carbonyl (C=O) groups excluding carboxylic acids is 1. The molecule has 134 valence electrons. The summed E-state index contributed by atoms with van der Waals surface area (Å²) >= 11 is 1.19. The van der Waals surface area contributed by atoms with E-state index in [2.05, 4.69) is 4.72 Å². The molecule has 2 rings (SSSR count). The molecule has 0 radical (unpaired) electrons. The van der Waals surface area contributed by atoms with Gasteiger partial charge in [-0.3, -0.25) is 10.1 Å². The molecule has 25 heavy (non-hydrogen) atoms. The Labute approximate surface area is 148 Å². The number of nitro benzene ring substituents is 1. The summed E-state index contributed by atoms with van der Waals surface area (Å²) in [5.74, 6) is -0.578. The summed E-state index contributed by atoms with van der Waals surface area (Å²) in [7, 11) is -3.25. The van der Waals surface area contributed by atoms with E-state index in [9.17, 15) is 23.3 Å². The number of para-hydroxylation sites is 1. The van der Waals surface area contributed by atoms with Crippen LogP contribution in [0.15, 0.2) is 36.4 Å². The molecule has 0 aliphatic heterocycles. The van der Waals surface area contributed by atoms with Crippen LogP contribution in [0.25, 0.3) is 0 Å². The van der Waals surface area contributed by atoms with Gasteiger partial charge in [-0.25, -0.2) is 17.9 Å². The Hall–Kier alpha value is -2.30. The number of esters is 1. The summed E-state index contributed by atoms with van der Waals surface area (Å²) in [6.07, 6.45) is 1.53. The van der Waals surface area contributed by atoms with Crippen molar-refractivity contribution in [1.82, 2.24) is 4.72 Å². The smallest absolute Gasteiger partial charge is 0.348 e. The Morgan fingerprint density at radius 3 is 2.68 bits per heavy atom. The summed E-state index contributed by atoms with van der Waals surface area (Å²) in [4.78, 5) is 23.6. The Bertz CT molecular complexity index is 876. The largest absolute Gasteiger partial charge is 0.456 e. The molecule has 0 unspecified atom stereocenters. The van der Waals surface area contributed by atoms with E-state index in [4.69, 9.17) is 4.74 Å². The summed E-state index contributed by atoms with van der Waals surface area (Å²) in [6, 6.07) is 9.36. The molecule has 1 N–H and O–H groups in total. The summed E-state index contributed by atoms with van der Waals surface area (Å²) in [5.41, 5.74) is 0.212. The van der Waals surface area contributed by atoms with Crippen LogP contribution in [0.2, 0.25) is 0 Å². The minimum absolute atomic E-state index is 0.103. The van der Waals surface area contributed by atoms with Gasteiger partial charge in [-0.05, 0) is 24.6 Å². The van der Waals surface area contributed by atoms with Crippen LogP contribution in [0.4, 0.5) is 5.69 Å². The van der Waals surface area contributed by atoms with Crippen LogP contribution in [0.5, 0.6) is 0 Å². The highest BCUT2D eigenvalue weighted by Gasteiger charge is 2.16. The molecule has 0 amide bonds. The topological polar surface area (TPSA) is 116 Å². The van der Waals surface area contributed by atoms with E-state index in [1.165, 1.54) is 23.5 Å². The predicted octanol–water partition coefficient (Wildman–Crippen LogP) is 2.10. The van der Waals surface area contributed by atoms with Gasteiger partial charge < -0.3 is 4.74 Å². The van der Waals surface area contributed by atoms with Crippen molar-refractivity contribution in [2.24, 2.45) is 0 Å². The second kappa shape index (κ2) is 8.19. The maximum atomic E-state index is 12.1. The van der Waals surface area contributed by atoms with E-state index >= 15 is 0 Å². The predicted molar refractivity (Wildman–Crippen MR) is 93.1 cm³/mol. The third-order valence-corrected chi connectivity index (χ3v) is 5.00. The number of carbonyl (C=O) groups is 1. The van der Waals surface area contributed by atoms with Crippen molar-refractivity contribution in [3.8, 4) is 0 Å². The van der Waals surface area contributed by atoms with Crippen molar-refractivity contribution in [2.75, 3.05) is 12.8 Å². The average molecular weight is 384 g/mol.